The molecule has 0 spiro atoms. The highest BCUT2D eigenvalue weighted by atomic mass is 16.5. The fourth-order valence-electron chi connectivity index (χ4n) is 2.47. The lowest BCUT2D eigenvalue weighted by atomic mass is 9.96. The van der Waals surface area contributed by atoms with Gasteiger partial charge in [0.2, 0.25) is 0 Å². The van der Waals surface area contributed by atoms with Gasteiger partial charge in [-0.2, -0.15) is 0 Å². The van der Waals surface area contributed by atoms with Gasteiger partial charge in [0.1, 0.15) is 0 Å². The quantitative estimate of drug-likeness (QED) is 0.755. The van der Waals surface area contributed by atoms with E-state index in [1.165, 1.54) is 0 Å². The van der Waals surface area contributed by atoms with Crippen LogP contribution in [0.1, 0.15) is 22.3 Å². The topological polar surface area (TPSA) is 70.0 Å². The van der Waals surface area contributed by atoms with Crippen LogP contribution in [0.15, 0.2) is 18.2 Å². The van der Waals surface area contributed by atoms with E-state index >= 15 is 0 Å². The van der Waals surface area contributed by atoms with E-state index in [9.17, 15) is 9.90 Å². The average Bonchev–Trinajstić information content (AvgIpc) is 2.43. The summed E-state index contributed by atoms with van der Waals surface area (Å²) in [6.45, 7) is 2.54. The number of carboxylic acids is 1. The molecule has 0 saturated heterocycles. The Hall–Kier alpha value is -1.59. The van der Waals surface area contributed by atoms with E-state index in [-0.39, 0.29) is 6.61 Å². The minimum atomic E-state index is -0.866. The smallest absolute Gasteiger partial charge is 0.336 e. The van der Waals surface area contributed by atoms with Gasteiger partial charge < -0.3 is 19.8 Å². The maximum absolute atomic E-state index is 11.2. The second kappa shape index (κ2) is 6.54. The van der Waals surface area contributed by atoms with Gasteiger partial charge in [0.15, 0.2) is 0 Å². The maximum atomic E-state index is 11.2. The Labute approximate surface area is 112 Å². The molecule has 0 bridgehead atoms. The van der Waals surface area contributed by atoms with Crippen molar-refractivity contribution >= 4 is 11.7 Å². The Balaban J connectivity index is 2.11. The fraction of sp³-hybridized carbons (Fsp3) is 0.500. The van der Waals surface area contributed by atoms with Crippen molar-refractivity contribution in [2.75, 3.05) is 37.8 Å². The SMILES string of the molecule is O=C(O)c1cccc2c1CCCN2CCOCCO. The van der Waals surface area contributed by atoms with Crippen molar-refractivity contribution in [3.63, 3.8) is 0 Å². The first-order chi connectivity index (χ1) is 9.24. The molecule has 0 fully saturated rings. The monoisotopic (exact) mass is 265 g/mol. The molecule has 0 amide bonds. The Bertz CT molecular complexity index is 447. The zero-order valence-corrected chi connectivity index (χ0v) is 10.8. The number of carbonyl (C=O) groups is 1. The molecule has 1 aliphatic heterocycles. The van der Waals surface area contributed by atoms with Gasteiger partial charge in [0.05, 0.1) is 25.4 Å². The van der Waals surface area contributed by atoms with E-state index in [2.05, 4.69) is 4.90 Å². The summed E-state index contributed by atoms with van der Waals surface area (Å²) in [5, 5.41) is 17.9. The van der Waals surface area contributed by atoms with E-state index in [0.29, 0.717) is 18.8 Å². The van der Waals surface area contributed by atoms with Crippen molar-refractivity contribution < 1.29 is 19.7 Å². The van der Waals surface area contributed by atoms with Crippen LogP contribution < -0.4 is 4.90 Å². The highest BCUT2D eigenvalue weighted by molar-refractivity contribution is 5.91. The second-order valence-corrected chi connectivity index (χ2v) is 4.53. The van der Waals surface area contributed by atoms with Crippen LogP contribution in [0, 0.1) is 0 Å². The van der Waals surface area contributed by atoms with E-state index in [0.717, 1.165) is 37.2 Å². The number of carboxylic acid groups (broad SMARTS) is 1. The third-order valence-corrected chi connectivity index (χ3v) is 3.32. The molecule has 1 aromatic rings. The molecule has 0 saturated carbocycles. The largest absolute Gasteiger partial charge is 0.478 e. The van der Waals surface area contributed by atoms with E-state index in [4.69, 9.17) is 9.84 Å². The Morgan fingerprint density at radius 2 is 2.21 bits per heavy atom. The maximum Gasteiger partial charge on any atom is 0.336 e. The third-order valence-electron chi connectivity index (χ3n) is 3.32. The summed E-state index contributed by atoms with van der Waals surface area (Å²) in [5.41, 5.74) is 2.32. The van der Waals surface area contributed by atoms with Gasteiger partial charge in [-0.1, -0.05) is 6.07 Å². The van der Waals surface area contributed by atoms with Gasteiger partial charge in [-0.3, -0.25) is 0 Å². The predicted octanol–water partition coefficient (Wildman–Crippen LogP) is 1.15. The molecule has 5 heteroatoms. The molecule has 2 rings (SSSR count). The minimum Gasteiger partial charge on any atom is -0.478 e. The van der Waals surface area contributed by atoms with E-state index < -0.39 is 5.97 Å². The summed E-state index contributed by atoms with van der Waals surface area (Å²) >= 11 is 0. The zero-order valence-electron chi connectivity index (χ0n) is 10.8. The highest BCUT2D eigenvalue weighted by Crippen LogP contribution is 2.29. The van der Waals surface area contributed by atoms with Gasteiger partial charge in [-0.15, -0.1) is 0 Å². The van der Waals surface area contributed by atoms with Crippen molar-refractivity contribution in [2.45, 2.75) is 12.8 Å². The molecule has 0 radical (unpaired) electrons. The third kappa shape index (κ3) is 3.24. The van der Waals surface area contributed by atoms with Crippen molar-refractivity contribution in [3.8, 4) is 0 Å². The number of aromatic carboxylic acids is 1. The molecule has 0 unspecified atom stereocenters. The number of benzene rings is 1. The number of rotatable bonds is 6. The molecule has 1 aromatic carbocycles. The normalized spacial score (nSPS) is 14.3. The lowest BCUT2D eigenvalue weighted by Crippen LogP contribution is -2.33. The molecule has 1 aliphatic rings. The van der Waals surface area contributed by atoms with Crippen LogP contribution in [0.2, 0.25) is 0 Å². The standard InChI is InChI=1S/C14H19NO4/c16-8-10-19-9-7-15-6-2-4-11-12(14(17)18)3-1-5-13(11)15/h1,3,5,16H,2,4,6-10H2,(H,17,18). The summed E-state index contributed by atoms with van der Waals surface area (Å²) < 4.78 is 5.27. The average molecular weight is 265 g/mol. The first kappa shape index (κ1) is 13.8. The first-order valence-electron chi connectivity index (χ1n) is 6.52. The number of hydrogen-bond acceptors (Lipinski definition) is 4. The second-order valence-electron chi connectivity index (χ2n) is 4.53. The van der Waals surface area contributed by atoms with Gasteiger partial charge in [-0.25, -0.2) is 4.79 Å². The van der Waals surface area contributed by atoms with Crippen LogP contribution in [0.3, 0.4) is 0 Å². The van der Waals surface area contributed by atoms with E-state index in [1.807, 2.05) is 6.07 Å². The van der Waals surface area contributed by atoms with Crippen LogP contribution in [0.25, 0.3) is 0 Å². The summed E-state index contributed by atoms with van der Waals surface area (Å²) in [6, 6.07) is 5.41. The number of aliphatic hydroxyl groups is 1. The number of hydrogen-bond donors (Lipinski definition) is 2. The van der Waals surface area contributed by atoms with Crippen molar-refractivity contribution in [1.82, 2.24) is 0 Å². The molecule has 0 aromatic heterocycles. The molecule has 1 heterocycles. The number of ether oxygens (including phenoxy) is 1. The van der Waals surface area contributed by atoms with Crippen molar-refractivity contribution in [1.29, 1.82) is 0 Å². The van der Waals surface area contributed by atoms with Gasteiger partial charge in [-0.05, 0) is 30.5 Å². The summed E-state index contributed by atoms with van der Waals surface area (Å²) in [6.07, 6.45) is 1.77. The molecule has 0 aliphatic carbocycles. The van der Waals surface area contributed by atoms with Gasteiger partial charge >= 0.3 is 5.97 Å². The summed E-state index contributed by atoms with van der Waals surface area (Å²) in [7, 11) is 0. The number of aliphatic hydroxyl groups excluding tert-OH is 1. The van der Waals surface area contributed by atoms with Crippen molar-refractivity contribution in [3.05, 3.63) is 29.3 Å². The van der Waals surface area contributed by atoms with Crippen LogP contribution in [0.4, 0.5) is 5.69 Å². The van der Waals surface area contributed by atoms with Crippen LogP contribution in [-0.2, 0) is 11.2 Å². The van der Waals surface area contributed by atoms with E-state index in [1.54, 1.807) is 12.1 Å². The molecule has 19 heavy (non-hydrogen) atoms. The fourth-order valence-corrected chi connectivity index (χ4v) is 2.47. The predicted molar refractivity (Wildman–Crippen MR) is 71.8 cm³/mol. The molecular formula is C14H19NO4. The zero-order chi connectivity index (χ0) is 13.7. The Morgan fingerprint density at radius 1 is 1.37 bits per heavy atom. The van der Waals surface area contributed by atoms with Crippen LogP contribution >= 0.6 is 0 Å². The lowest BCUT2D eigenvalue weighted by Gasteiger charge is -2.32. The Morgan fingerprint density at radius 3 is 2.95 bits per heavy atom. The molecule has 5 nitrogen and oxygen atoms in total. The van der Waals surface area contributed by atoms with Crippen LogP contribution in [0.5, 0.6) is 0 Å². The van der Waals surface area contributed by atoms with Gasteiger partial charge in [0, 0.05) is 18.8 Å². The number of nitrogens with zero attached hydrogens (tertiary/aromatic N) is 1. The lowest BCUT2D eigenvalue weighted by molar-refractivity contribution is 0.0695. The molecule has 104 valence electrons. The summed E-state index contributed by atoms with van der Waals surface area (Å²) in [4.78, 5) is 13.4. The minimum absolute atomic E-state index is 0.0275. The highest BCUT2D eigenvalue weighted by Gasteiger charge is 2.21. The molecular weight excluding hydrogens is 246 g/mol. The summed E-state index contributed by atoms with van der Waals surface area (Å²) in [5.74, 6) is -0.866. The molecule has 0 atom stereocenters. The molecule has 2 N–H and O–H groups in total. The van der Waals surface area contributed by atoms with Crippen molar-refractivity contribution in [2.24, 2.45) is 0 Å². The number of fused-ring (bicyclic) bond motifs is 1. The van der Waals surface area contributed by atoms with Gasteiger partial charge in [0.25, 0.3) is 0 Å². The number of anilines is 1. The Kier molecular flexibility index (Phi) is 4.76. The first-order valence-corrected chi connectivity index (χ1v) is 6.52. The van der Waals surface area contributed by atoms with Crippen LogP contribution in [-0.4, -0.2) is 49.1 Å².